The molecule has 0 aromatic heterocycles. The maximum Gasteiger partial charge on any atom is 0 e. The van der Waals surface area contributed by atoms with Crippen molar-refractivity contribution >= 4 is 0 Å². The van der Waals surface area contributed by atoms with Crippen LogP contribution < -0.4 is 24.8 Å². The molecule has 0 unspecified atom stereocenters. The summed E-state index contributed by atoms with van der Waals surface area (Å²) in [6, 6.07) is 0. The third kappa shape index (κ3) is 73.7. The minimum absolute atomic E-state index is 0. The van der Waals surface area contributed by atoms with Crippen LogP contribution in [0.1, 0.15) is 20.8 Å². The molecule has 0 atom stereocenters. The number of rotatable bonds is 0. The van der Waals surface area contributed by atoms with Gasteiger partial charge >= 0.3 is 0 Å². The van der Waals surface area contributed by atoms with Gasteiger partial charge in [0, 0.05) is 41.7 Å². The van der Waals surface area contributed by atoms with E-state index in [-0.39, 0.29) is 66.6 Å². The average molecular weight is 268 g/mol. The molecule has 0 bridgehead atoms. The average Bonchev–Trinajstić information content (AvgIpc) is 0.811. The Balaban J connectivity index is -0.0000000150. The Morgan fingerprint density at radius 1 is 0.857 bits per heavy atom. The molecule has 7 heavy (non-hydrogen) atoms. The smallest absolute Gasteiger partial charge is 0 e. The molecule has 0 nitrogen and oxygen atoms in total. The summed E-state index contributed by atoms with van der Waals surface area (Å²) in [6.45, 7) is 6.25. The first-order chi connectivity index (χ1) is 1.73. The van der Waals surface area contributed by atoms with E-state index in [0.717, 1.165) is 0 Å². The summed E-state index contributed by atoms with van der Waals surface area (Å²) in [5, 5.41) is 0. The quantitative estimate of drug-likeness (QED) is 0.416. The van der Waals surface area contributed by atoms with Crippen LogP contribution in [-0.2, 0) is 0 Å². The first-order valence-electron chi connectivity index (χ1n) is 1.50. The summed E-state index contributed by atoms with van der Waals surface area (Å²) in [5.41, 5.74) is 0. The summed E-state index contributed by atoms with van der Waals surface area (Å²) in [4.78, 5) is 0. The Morgan fingerprint density at radius 2 is 0.857 bits per heavy atom. The van der Waals surface area contributed by atoms with Gasteiger partial charge in [-0.15, -0.1) is 0 Å². The van der Waals surface area contributed by atoms with Crippen molar-refractivity contribution in [2.75, 3.05) is 0 Å². The minimum atomic E-state index is 0. The van der Waals surface area contributed by atoms with Gasteiger partial charge in [-0.25, -0.2) is 0 Å². The van der Waals surface area contributed by atoms with Crippen LogP contribution in [0.4, 0.5) is 0 Å². The van der Waals surface area contributed by atoms with Crippen molar-refractivity contribution in [3.05, 3.63) is 5.92 Å². The molecular weight excluding hydrogens is 259 g/mol. The SMILES string of the molecule is C[C](C)C.[Ce].[Cl-].[Cl-]. The molecule has 3 heteroatoms. The molecule has 0 saturated heterocycles. The first-order valence-corrected chi connectivity index (χ1v) is 1.50. The molecule has 1 radical (unpaired) electrons. The van der Waals surface area contributed by atoms with Gasteiger partial charge in [0.15, 0.2) is 0 Å². The zero-order valence-electron chi connectivity index (χ0n) is 4.76. The van der Waals surface area contributed by atoms with E-state index in [1.165, 1.54) is 5.92 Å². The molecule has 0 rings (SSSR count). The van der Waals surface area contributed by atoms with Crippen LogP contribution in [0.3, 0.4) is 0 Å². The van der Waals surface area contributed by atoms with E-state index in [4.69, 9.17) is 0 Å². The maximum absolute atomic E-state index is 2.08. The Labute approximate surface area is 92.0 Å². The molecule has 0 aliphatic rings. The van der Waals surface area contributed by atoms with Gasteiger partial charge in [-0.3, -0.25) is 0 Å². The second-order valence-corrected chi connectivity index (χ2v) is 1.50. The standard InChI is InChI=1S/C4H9.Ce.2ClH/c1-4(2)3;;;/h1-3H3;;2*1H/p-2. The van der Waals surface area contributed by atoms with Gasteiger partial charge in [-0.1, -0.05) is 20.8 Å². The van der Waals surface area contributed by atoms with E-state index < -0.39 is 0 Å². The molecular formula is C4H9CeCl2-2. The largest absolute Gasteiger partial charge is 1.00 e. The summed E-state index contributed by atoms with van der Waals surface area (Å²) in [6.07, 6.45) is 0. The van der Waals surface area contributed by atoms with Gasteiger partial charge in [-0.2, -0.15) is 0 Å². The van der Waals surface area contributed by atoms with E-state index in [1.54, 1.807) is 0 Å². The van der Waals surface area contributed by atoms with Crippen molar-refractivity contribution in [2.24, 2.45) is 0 Å². The summed E-state index contributed by atoms with van der Waals surface area (Å²) < 4.78 is 0. The third-order valence-electron chi connectivity index (χ3n) is 0. The Bertz CT molecular complexity index is 14.4. The monoisotopic (exact) mass is 267 g/mol. The Kier molecular flexibility index (Phi) is 51.7. The topological polar surface area (TPSA) is 0 Å². The molecule has 0 aliphatic heterocycles. The number of halogens is 2. The zero-order valence-corrected chi connectivity index (χ0v) is 9.41. The molecule has 0 fully saturated rings. The van der Waals surface area contributed by atoms with Crippen molar-refractivity contribution in [1.29, 1.82) is 0 Å². The normalized spacial score (nSPS) is 5.14. The van der Waals surface area contributed by atoms with Crippen molar-refractivity contribution in [1.82, 2.24) is 0 Å². The van der Waals surface area contributed by atoms with E-state index in [9.17, 15) is 0 Å². The van der Waals surface area contributed by atoms with Gasteiger partial charge < -0.3 is 24.8 Å². The predicted molar refractivity (Wildman–Crippen MR) is 20.3 cm³/mol. The van der Waals surface area contributed by atoms with Gasteiger partial charge in [0.2, 0.25) is 0 Å². The number of hydrogen-bond acceptors (Lipinski definition) is 0. The first kappa shape index (κ1) is 23.1. The fourth-order valence-electron chi connectivity index (χ4n) is 0. The van der Waals surface area contributed by atoms with E-state index in [0.29, 0.717) is 0 Å². The van der Waals surface area contributed by atoms with E-state index >= 15 is 0 Å². The molecule has 0 spiro atoms. The van der Waals surface area contributed by atoms with Crippen molar-refractivity contribution in [3.8, 4) is 0 Å². The van der Waals surface area contributed by atoms with Crippen LogP contribution in [-0.4, -0.2) is 0 Å². The molecule has 0 aromatic carbocycles. The summed E-state index contributed by atoms with van der Waals surface area (Å²) in [5.74, 6) is 1.42. The zero-order chi connectivity index (χ0) is 3.58. The van der Waals surface area contributed by atoms with Gasteiger partial charge in [0.25, 0.3) is 0 Å². The fourth-order valence-corrected chi connectivity index (χ4v) is 0. The van der Waals surface area contributed by atoms with E-state index in [1.807, 2.05) is 0 Å². The summed E-state index contributed by atoms with van der Waals surface area (Å²) >= 11 is 0. The van der Waals surface area contributed by atoms with Crippen molar-refractivity contribution < 1.29 is 66.6 Å². The van der Waals surface area contributed by atoms with Crippen LogP contribution in [0.5, 0.6) is 0 Å². The maximum atomic E-state index is 2.08. The van der Waals surface area contributed by atoms with Crippen LogP contribution in [0.25, 0.3) is 0 Å². The minimum Gasteiger partial charge on any atom is -1.00 e. The summed E-state index contributed by atoms with van der Waals surface area (Å²) in [7, 11) is 0. The second-order valence-electron chi connectivity index (χ2n) is 1.50. The molecule has 0 aliphatic carbocycles. The Hall–Kier alpha value is 1.96. The van der Waals surface area contributed by atoms with Crippen LogP contribution in [0, 0.1) is 47.7 Å². The van der Waals surface area contributed by atoms with Gasteiger partial charge in [-0.05, 0) is 5.92 Å². The van der Waals surface area contributed by atoms with Gasteiger partial charge in [0.1, 0.15) is 0 Å². The molecule has 0 N–H and O–H groups in total. The Morgan fingerprint density at radius 3 is 0.857 bits per heavy atom. The van der Waals surface area contributed by atoms with E-state index in [2.05, 4.69) is 20.8 Å². The third-order valence-corrected chi connectivity index (χ3v) is 0. The van der Waals surface area contributed by atoms with Crippen LogP contribution in [0.2, 0.25) is 0 Å². The molecule has 0 heterocycles. The van der Waals surface area contributed by atoms with Crippen molar-refractivity contribution in [3.63, 3.8) is 0 Å². The predicted octanol–water partition coefficient (Wildman–Crippen LogP) is -4.37. The molecule has 0 amide bonds. The molecule has 0 saturated carbocycles. The van der Waals surface area contributed by atoms with Crippen molar-refractivity contribution in [2.45, 2.75) is 20.8 Å². The van der Waals surface area contributed by atoms with Crippen LogP contribution >= 0.6 is 0 Å². The second kappa shape index (κ2) is 15.7. The fraction of sp³-hybridized carbons (Fsp3) is 0.750. The number of hydrogen-bond donors (Lipinski definition) is 0. The van der Waals surface area contributed by atoms with Crippen LogP contribution in [0.15, 0.2) is 0 Å². The molecule has 45 valence electrons. The molecule has 0 aromatic rings. The van der Waals surface area contributed by atoms with Gasteiger partial charge in [0.05, 0.1) is 0 Å².